The van der Waals surface area contributed by atoms with Crippen LogP contribution in [0.1, 0.15) is 31.7 Å². The Morgan fingerprint density at radius 2 is 2.26 bits per heavy atom. The molecular formula is C17H26N2O3S. The lowest BCUT2D eigenvalue weighted by Gasteiger charge is -2.30. The lowest BCUT2D eigenvalue weighted by Crippen LogP contribution is -2.36. The molecule has 1 N–H and O–H groups in total. The number of likely N-dealkylation sites (tertiary alicyclic amines) is 1. The molecule has 3 rings (SSSR count). The summed E-state index contributed by atoms with van der Waals surface area (Å²) in [5.74, 6) is 1.57. The third-order valence-electron chi connectivity index (χ3n) is 4.66. The van der Waals surface area contributed by atoms with Gasteiger partial charge in [0.1, 0.15) is 5.75 Å². The Morgan fingerprint density at radius 3 is 3.09 bits per heavy atom. The first-order valence-electron chi connectivity index (χ1n) is 8.52. The van der Waals surface area contributed by atoms with E-state index in [1.165, 1.54) is 12.8 Å². The normalized spacial score (nSPS) is 21.9. The highest BCUT2D eigenvalue weighted by molar-refractivity contribution is 7.89. The van der Waals surface area contributed by atoms with Gasteiger partial charge in [-0.05, 0) is 62.0 Å². The average Bonchev–Trinajstić information content (AvgIpc) is 2.99. The van der Waals surface area contributed by atoms with Gasteiger partial charge >= 0.3 is 0 Å². The van der Waals surface area contributed by atoms with Gasteiger partial charge in [-0.2, -0.15) is 0 Å². The fourth-order valence-electron chi connectivity index (χ4n) is 3.41. The molecule has 128 valence electrons. The topological polar surface area (TPSA) is 58.6 Å². The van der Waals surface area contributed by atoms with Crippen LogP contribution in [0.25, 0.3) is 0 Å². The van der Waals surface area contributed by atoms with E-state index in [0.717, 1.165) is 49.7 Å². The molecule has 1 saturated heterocycles. The van der Waals surface area contributed by atoms with Gasteiger partial charge in [0.25, 0.3) is 0 Å². The predicted octanol–water partition coefficient (Wildman–Crippen LogP) is 2.02. The Morgan fingerprint density at radius 1 is 1.39 bits per heavy atom. The highest BCUT2D eigenvalue weighted by Gasteiger charge is 2.19. The molecule has 23 heavy (non-hydrogen) atoms. The molecule has 1 unspecified atom stereocenters. The Balaban J connectivity index is 1.49. The van der Waals surface area contributed by atoms with Gasteiger partial charge in [-0.15, -0.1) is 0 Å². The van der Waals surface area contributed by atoms with Crippen LogP contribution in [0.4, 0.5) is 0 Å². The van der Waals surface area contributed by atoms with E-state index in [9.17, 15) is 8.42 Å². The number of hydrogen-bond acceptors (Lipinski definition) is 4. The number of nitrogens with one attached hydrogen (secondary N) is 1. The standard InChI is InChI=1S/C17H26N2O3S/c1-14-4-2-9-19(13-14)10-3-8-18-23(20,21)16-5-6-17-15(12-16)7-11-22-17/h5-6,12,14,18H,2-4,7-11,13H2,1H3. The Labute approximate surface area is 139 Å². The van der Waals surface area contributed by atoms with Gasteiger partial charge in [0.15, 0.2) is 0 Å². The van der Waals surface area contributed by atoms with Gasteiger partial charge in [-0.3, -0.25) is 0 Å². The lowest BCUT2D eigenvalue weighted by molar-refractivity contribution is 0.182. The summed E-state index contributed by atoms with van der Waals surface area (Å²) in [4.78, 5) is 2.78. The first kappa shape index (κ1) is 16.7. The molecule has 0 spiro atoms. The fourth-order valence-corrected chi connectivity index (χ4v) is 4.54. The number of nitrogens with zero attached hydrogens (tertiary/aromatic N) is 1. The van der Waals surface area contributed by atoms with E-state index in [-0.39, 0.29) is 0 Å². The number of ether oxygens (including phenoxy) is 1. The Kier molecular flexibility index (Phi) is 5.24. The van der Waals surface area contributed by atoms with Gasteiger partial charge in [-0.25, -0.2) is 13.1 Å². The van der Waals surface area contributed by atoms with Crippen LogP contribution in [0, 0.1) is 5.92 Å². The monoisotopic (exact) mass is 338 g/mol. The van der Waals surface area contributed by atoms with Crippen molar-refractivity contribution in [3.63, 3.8) is 0 Å². The number of benzene rings is 1. The van der Waals surface area contributed by atoms with Crippen molar-refractivity contribution in [1.29, 1.82) is 0 Å². The largest absolute Gasteiger partial charge is 0.493 e. The molecule has 0 bridgehead atoms. The molecule has 5 nitrogen and oxygen atoms in total. The number of piperidine rings is 1. The summed E-state index contributed by atoms with van der Waals surface area (Å²) >= 11 is 0. The summed E-state index contributed by atoms with van der Waals surface area (Å²) in [6.07, 6.45) is 4.20. The molecule has 0 radical (unpaired) electrons. The van der Waals surface area contributed by atoms with E-state index in [0.29, 0.717) is 18.0 Å². The molecule has 0 saturated carbocycles. The Bertz CT molecular complexity index is 645. The van der Waals surface area contributed by atoms with Gasteiger partial charge < -0.3 is 9.64 Å². The highest BCUT2D eigenvalue weighted by atomic mass is 32.2. The van der Waals surface area contributed by atoms with Crippen molar-refractivity contribution in [2.45, 2.75) is 37.5 Å². The van der Waals surface area contributed by atoms with Crippen LogP contribution < -0.4 is 9.46 Å². The number of hydrogen-bond donors (Lipinski definition) is 1. The van der Waals surface area contributed by atoms with Crippen LogP contribution >= 0.6 is 0 Å². The zero-order valence-corrected chi connectivity index (χ0v) is 14.6. The summed E-state index contributed by atoms with van der Waals surface area (Å²) in [5, 5.41) is 0. The third kappa shape index (κ3) is 4.25. The van der Waals surface area contributed by atoms with E-state index in [2.05, 4.69) is 16.5 Å². The second-order valence-electron chi connectivity index (χ2n) is 6.67. The van der Waals surface area contributed by atoms with Crippen LogP contribution in [0.3, 0.4) is 0 Å². The summed E-state index contributed by atoms with van der Waals surface area (Å²) < 4.78 is 32.9. The molecule has 2 heterocycles. The molecule has 2 aliphatic heterocycles. The maximum Gasteiger partial charge on any atom is 0.240 e. The van der Waals surface area contributed by atoms with Crippen molar-refractivity contribution < 1.29 is 13.2 Å². The first-order chi connectivity index (χ1) is 11.0. The molecule has 0 amide bonds. The van der Waals surface area contributed by atoms with E-state index in [1.54, 1.807) is 18.2 Å². The fraction of sp³-hybridized carbons (Fsp3) is 0.647. The van der Waals surface area contributed by atoms with Crippen molar-refractivity contribution in [3.05, 3.63) is 23.8 Å². The van der Waals surface area contributed by atoms with Crippen molar-refractivity contribution in [3.8, 4) is 5.75 Å². The van der Waals surface area contributed by atoms with E-state index < -0.39 is 10.0 Å². The van der Waals surface area contributed by atoms with Crippen LogP contribution in [0.2, 0.25) is 0 Å². The SMILES string of the molecule is CC1CCCN(CCCNS(=O)(=O)c2ccc3c(c2)CCO3)C1. The maximum atomic E-state index is 12.4. The quantitative estimate of drug-likeness (QED) is 0.806. The van der Waals surface area contributed by atoms with Gasteiger partial charge in [0.2, 0.25) is 10.0 Å². The predicted molar refractivity (Wildman–Crippen MR) is 90.3 cm³/mol. The van der Waals surface area contributed by atoms with Crippen molar-refractivity contribution in [2.24, 2.45) is 5.92 Å². The summed E-state index contributed by atoms with van der Waals surface area (Å²) in [6, 6.07) is 5.11. The first-order valence-corrected chi connectivity index (χ1v) is 10.0. The number of sulfonamides is 1. The van der Waals surface area contributed by atoms with Gasteiger partial charge in [0, 0.05) is 19.5 Å². The van der Waals surface area contributed by atoms with Crippen molar-refractivity contribution >= 4 is 10.0 Å². The van der Waals surface area contributed by atoms with Gasteiger partial charge in [-0.1, -0.05) is 6.92 Å². The highest BCUT2D eigenvalue weighted by Crippen LogP contribution is 2.27. The molecule has 1 aromatic carbocycles. The van der Waals surface area contributed by atoms with Crippen LogP contribution in [0.15, 0.2) is 23.1 Å². The summed E-state index contributed by atoms with van der Waals surface area (Å²) in [6.45, 7) is 6.65. The van der Waals surface area contributed by atoms with Crippen LogP contribution in [-0.4, -0.2) is 46.1 Å². The summed E-state index contributed by atoms with van der Waals surface area (Å²) in [5.41, 5.74) is 0.982. The van der Waals surface area contributed by atoms with Gasteiger partial charge in [0.05, 0.1) is 11.5 Å². The summed E-state index contributed by atoms with van der Waals surface area (Å²) in [7, 11) is -3.42. The maximum absolute atomic E-state index is 12.4. The van der Waals surface area contributed by atoms with E-state index >= 15 is 0 Å². The molecule has 1 fully saturated rings. The minimum atomic E-state index is -3.42. The zero-order valence-electron chi connectivity index (χ0n) is 13.8. The molecule has 0 aliphatic carbocycles. The van der Waals surface area contributed by atoms with E-state index in [4.69, 9.17) is 4.74 Å². The van der Waals surface area contributed by atoms with Crippen molar-refractivity contribution in [2.75, 3.05) is 32.8 Å². The molecule has 1 aromatic rings. The molecule has 2 aliphatic rings. The molecular weight excluding hydrogens is 312 g/mol. The Hall–Kier alpha value is -1.11. The second-order valence-corrected chi connectivity index (χ2v) is 8.43. The van der Waals surface area contributed by atoms with Crippen LogP contribution in [0.5, 0.6) is 5.75 Å². The second kappa shape index (κ2) is 7.20. The third-order valence-corrected chi connectivity index (χ3v) is 6.11. The average molecular weight is 338 g/mol. The van der Waals surface area contributed by atoms with Crippen molar-refractivity contribution in [1.82, 2.24) is 9.62 Å². The lowest BCUT2D eigenvalue weighted by atomic mass is 10.0. The minimum absolute atomic E-state index is 0.341. The van der Waals surface area contributed by atoms with Crippen LogP contribution in [-0.2, 0) is 16.4 Å². The smallest absolute Gasteiger partial charge is 0.240 e. The van der Waals surface area contributed by atoms with E-state index in [1.807, 2.05) is 0 Å². The molecule has 1 atom stereocenters. The zero-order chi connectivity index (χ0) is 16.3. The molecule has 6 heteroatoms. The molecule has 0 aromatic heterocycles. The number of rotatable bonds is 6. The minimum Gasteiger partial charge on any atom is -0.493 e. The number of fused-ring (bicyclic) bond motifs is 1.